The number of guanidine groups is 1. The van der Waals surface area contributed by atoms with Crippen LogP contribution < -0.4 is 10.6 Å². The summed E-state index contributed by atoms with van der Waals surface area (Å²) in [5.74, 6) is 0.463. The first kappa shape index (κ1) is 27.1. The Balaban J connectivity index is 0.00000729. The fourth-order valence-corrected chi connectivity index (χ4v) is 3.59. The minimum atomic E-state index is -0.304. The molecule has 1 aromatic heterocycles. The van der Waals surface area contributed by atoms with Crippen LogP contribution in [0, 0.1) is 6.92 Å². The van der Waals surface area contributed by atoms with E-state index >= 15 is 0 Å². The number of aryl methyl sites for hydroxylation is 1. The topological polar surface area (TPSA) is 78.9 Å². The lowest BCUT2D eigenvalue weighted by atomic mass is 10.3. The van der Waals surface area contributed by atoms with Crippen LogP contribution in [0.3, 0.4) is 0 Å². The first-order valence-electron chi connectivity index (χ1n) is 9.88. The summed E-state index contributed by atoms with van der Waals surface area (Å²) in [5.41, 5.74) is 0.710. The molecule has 162 valence electrons. The maximum Gasteiger partial charge on any atom is 0.350 e. The third-order valence-corrected chi connectivity index (χ3v) is 5.34. The molecule has 0 amide bonds. The number of aromatic nitrogens is 1. The third-order valence-electron chi connectivity index (χ3n) is 4.02. The lowest BCUT2D eigenvalue weighted by molar-refractivity contribution is 0.0531. The highest BCUT2D eigenvalue weighted by atomic mass is 127. The van der Waals surface area contributed by atoms with Gasteiger partial charge in [-0.3, -0.25) is 4.99 Å². The average Bonchev–Trinajstić information content (AvgIpc) is 3.03. The van der Waals surface area contributed by atoms with Crippen molar-refractivity contribution in [3.8, 4) is 0 Å². The Labute approximate surface area is 190 Å². The van der Waals surface area contributed by atoms with Gasteiger partial charge in [0.1, 0.15) is 9.88 Å². The van der Waals surface area contributed by atoms with E-state index in [-0.39, 0.29) is 36.0 Å². The summed E-state index contributed by atoms with van der Waals surface area (Å²) < 4.78 is 5.10. The van der Waals surface area contributed by atoms with Gasteiger partial charge < -0.3 is 20.3 Å². The maximum absolute atomic E-state index is 12.0. The Kier molecular flexibility index (Phi) is 14.5. The van der Waals surface area contributed by atoms with Crippen LogP contribution in [0.25, 0.3) is 0 Å². The van der Waals surface area contributed by atoms with Gasteiger partial charge in [0.2, 0.25) is 0 Å². The molecule has 0 saturated heterocycles. The zero-order valence-corrected chi connectivity index (χ0v) is 21.1. The highest BCUT2D eigenvalue weighted by Gasteiger charge is 2.20. The van der Waals surface area contributed by atoms with E-state index in [1.54, 1.807) is 6.92 Å². The summed E-state index contributed by atoms with van der Waals surface area (Å²) >= 11 is 1.38. The van der Waals surface area contributed by atoms with Crippen LogP contribution in [0.4, 0.5) is 0 Å². The number of nitrogens with zero attached hydrogens (tertiary/aromatic N) is 3. The number of hydrogen-bond donors (Lipinski definition) is 2. The Morgan fingerprint density at radius 1 is 1.29 bits per heavy atom. The maximum atomic E-state index is 12.0. The number of ether oxygens (including phenoxy) is 1. The van der Waals surface area contributed by atoms with Crippen molar-refractivity contribution in [3.05, 3.63) is 15.6 Å². The van der Waals surface area contributed by atoms with E-state index in [1.807, 2.05) is 20.8 Å². The highest BCUT2D eigenvalue weighted by Crippen LogP contribution is 2.24. The molecule has 1 atom stereocenters. The third kappa shape index (κ3) is 9.04. The molecule has 1 rings (SSSR count). The van der Waals surface area contributed by atoms with Crippen LogP contribution in [0.1, 0.15) is 67.5 Å². The minimum absolute atomic E-state index is 0. The van der Waals surface area contributed by atoms with E-state index < -0.39 is 0 Å². The lowest BCUT2D eigenvalue weighted by Gasteiger charge is -2.19. The van der Waals surface area contributed by atoms with Crippen LogP contribution in [-0.4, -0.2) is 61.1 Å². The van der Waals surface area contributed by atoms with Crippen LogP contribution in [0.5, 0.6) is 0 Å². The van der Waals surface area contributed by atoms with Crippen LogP contribution in [0.15, 0.2) is 4.99 Å². The normalized spacial score (nSPS) is 12.5. The molecule has 1 unspecified atom stereocenters. The fraction of sp³-hybridized carbons (Fsp3) is 0.737. The van der Waals surface area contributed by atoms with Crippen molar-refractivity contribution in [1.82, 2.24) is 20.5 Å². The Bertz CT molecular complexity index is 609. The van der Waals surface area contributed by atoms with Gasteiger partial charge in [-0.2, -0.15) is 0 Å². The summed E-state index contributed by atoms with van der Waals surface area (Å²) in [6.07, 6.45) is 1.15. The molecule has 0 bridgehead atoms. The number of aliphatic imine (C=N–C) groups is 1. The largest absolute Gasteiger partial charge is 0.462 e. The second-order valence-electron chi connectivity index (χ2n) is 6.25. The van der Waals surface area contributed by atoms with Gasteiger partial charge in [-0.15, -0.1) is 35.3 Å². The van der Waals surface area contributed by atoms with Gasteiger partial charge in [0, 0.05) is 13.1 Å². The van der Waals surface area contributed by atoms with Gasteiger partial charge in [0.05, 0.1) is 24.9 Å². The zero-order valence-electron chi connectivity index (χ0n) is 18.0. The van der Waals surface area contributed by atoms with Crippen molar-refractivity contribution in [1.29, 1.82) is 0 Å². The predicted octanol–water partition coefficient (Wildman–Crippen LogP) is 3.59. The number of carbonyl (C=O) groups is 1. The molecule has 1 aromatic rings. The van der Waals surface area contributed by atoms with E-state index in [0.717, 1.165) is 50.1 Å². The Morgan fingerprint density at radius 2 is 2.00 bits per heavy atom. The molecule has 0 aliphatic carbocycles. The summed E-state index contributed by atoms with van der Waals surface area (Å²) in [6, 6.07) is -0.0485. The van der Waals surface area contributed by atoms with Gasteiger partial charge >= 0.3 is 5.97 Å². The second kappa shape index (κ2) is 15.0. The van der Waals surface area contributed by atoms with Crippen molar-refractivity contribution < 1.29 is 9.53 Å². The fourth-order valence-electron chi connectivity index (χ4n) is 2.62. The standard InChI is InChI=1S/C19H35N5O2S.HI/c1-7-12-24(9-3)13-11-21-19(20-8-2)23-15(6)17-22-14(5)16(27-17)18(25)26-10-4;/h15H,7-13H2,1-6H3,(H2,20,21,23);1H. The molecule has 9 heteroatoms. The first-order chi connectivity index (χ1) is 13.0. The number of esters is 1. The van der Waals surface area contributed by atoms with E-state index in [2.05, 4.69) is 39.4 Å². The smallest absolute Gasteiger partial charge is 0.350 e. The molecule has 0 aromatic carbocycles. The van der Waals surface area contributed by atoms with E-state index in [9.17, 15) is 4.79 Å². The van der Waals surface area contributed by atoms with Crippen molar-refractivity contribution in [3.63, 3.8) is 0 Å². The number of nitrogens with one attached hydrogen (secondary N) is 2. The quantitative estimate of drug-likeness (QED) is 0.199. The van der Waals surface area contributed by atoms with E-state index in [4.69, 9.17) is 4.74 Å². The summed E-state index contributed by atoms with van der Waals surface area (Å²) in [7, 11) is 0. The molecule has 0 aliphatic heterocycles. The molecular weight excluding hydrogens is 489 g/mol. The summed E-state index contributed by atoms with van der Waals surface area (Å²) in [6.45, 7) is 17.1. The zero-order chi connectivity index (χ0) is 20.2. The highest BCUT2D eigenvalue weighted by molar-refractivity contribution is 14.0. The SMILES string of the molecule is CCCN(CC)CCN=C(NCC)NC(C)c1nc(C)c(C(=O)OCC)s1.I. The van der Waals surface area contributed by atoms with Gasteiger partial charge in [-0.1, -0.05) is 13.8 Å². The van der Waals surface area contributed by atoms with Crippen molar-refractivity contribution >= 4 is 47.2 Å². The van der Waals surface area contributed by atoms with E-state index in [0.29, 0.717) is 17.2 Å². The number of likely N-dealkylation sites (N-methyl/N-ethyl adjacent to an activating group) is 1. The Hall–Kier alpha value is -0.940. The van der Waals surface area contributed by atoms with Crippen LogP contribution in [0.2, 0.25) is 0 Å². The average molecular weight is 526 g/mol. The minimum Gasteiger partial charge on any atom is -0.462 e. The molecular formula is C19H36IN5O2S. The number of rotatable bonds is 11. The van der Waals surface area contributed by atoms with E-state index in [1.165, 1.54) is 11.3 Å². The monoisotopic (exact) mass is 525 g/mol. The number of carbonyl (C=O) groups excluding carboxylic acids is 1. The van der Waals surface area contributed by atoms with Crippen molar-refractivity contribution in [2.75, 3.05) is 39.3 Å². The molecule has 7 nitrogen and oxygen atoms in total. The Morgan fingerprint density at radius 3 is 2.57 bits per heavy atom. The molecule has 0 aliphatic rings. The van der Waals surface area contributed by atoms with Crippen molar-refractivity contribution in [2.24, 2.45) is 4.99 Å². The van der Waals surface area contributed by atoms with Crippen LogP contribution >= 0.6 is 35.3 Å². The summed E-state index contributed by atoms with van der Waals surface area (Å²) in [5, 5.41) is 7.51. The predicted molar refractivity (Wildman–Crippen MR) is 128 cm³/mol. The van der Waals surface area contributed by atoms with Crippen LogP contribution in [-0.2, 0) is 4.74 Å². The molecule has 0 fully saturated rings. The number of halogens is 1. The van der Waals surface area contributed by atoms with Crippen molar-refractivity contribution in [2.45, 2.75) is 54.0 Å². The molecule has 28 heavy (non-hydrogen) atoms. The van der Waals surface area contributed by atoms with Gasteiger partial charge in [0.25, 0.3) is 0 Å². The molecule has 1 heterocycles. The summed E-state index contributed by atoms with van der Waals surface area (Å²) in [4.78, 5) is 24.2. The second-order valence-corrected chi connectivity index (χ2v) is 7.28. The number of thiazole rings is 1. The molecule has 2 N–H and O–H groups in total. The first-order valence-corrected chi connectivity index (χ1v) is 10.7. The van der Waals surface area contributed by atoms with Gasteiger partial charge in [-0.25, -0.2) is 9.78 Å². The molecule has 0 saturated carbocycles. The number of hydrogen-bond acceptors (Lipinski definition) is 6. The lowest BCUT2D eigenvalue weighted by Crippen LogP contribution is -2.39. The molecule has 0 spiro atoms. The van der Waals surface area contributed by atoms with Gasteiger partial charge in [-0.05, 0) is 47.2 Å². The molecule has 0 radical (unpaired) electrons. The van der Waals surface area contributed by atoms with Gasteiger partial charge in [0.15, 0.2) is 5.96 Å².